The van der Waals surface area contributed by atoms with Crippen LogP contribution in [0.4, 0.5) is 0 Å². The second kappa shape index (κ2) is 6.03. The second-order valence-electron chi connectivity index (χ2n) is 5.26. The van der Waals surface area contributed by atoms with E-state index in [1.54, 1.807) is 0 Å². The van der Waals surface area contributed by atoms with Crippen molar-refractivity contribution in [3.63, 3.8) is 0 Å². The second-order valence-corrected chi connectivity index (χ2v) is 7.48. The molecule has 2 aliphatic heterocycles. The van der Waals surface area contributed by atoms with Crippen molar-refractivity contribution >= 4 is 21.7 Å². The van der Waals surface area contributed by atoms with Gasteiger partial charge in [0.25, 0.3) is 5.91 Å². The maximum Gasteiger partial charge on any atom is 0.332 e. The first-order valence-corrected chi connectivity index (χ1v) is 8.49. The molecule has 3 atom stereocenters. The Bertz CT molecular complexity index is 578. The number of carbonyl (C=O) groups excluding carboxylic acids is 1. The first-order chi connectivity index (χ1) is 9.84. The van der Waals surface area contributed by atoms with Gasteiger partial charge in [-0.3, -0.25) is 4.79 Å². The molecule has 2 rings (SSSR count). The topological polar surface area (TPSA) is 101 Å². The van der Waals surface area contributed by atoms with Gasteiger partial charge in [0.2, 0.25) is 0 Å². The fourth-order valence-electron chi connectivity index (χ4n) is 2.69. The van der Waals surface area contributed by atoms with Crippen molar-refractivity contribution in [3.05, 3.63) is 0 Å². The van der Waals surface area contributed by atoms with E-state index >= 15 is 0 Å². The Balaban J connectivity index is 2.07. The van der Waals surface area contributed by atoms with E-state index in [1.807, 2.05) is 0 Å². The zero-order valence-electron chi connectivity index (χ0n) is 11.4. The largest absolute Gasteiger partial charge is 0.479 e. The minimum Gasteiger partial charge on any atom is -0.479 e. The molecule has 0 spiro atoms. The quantitative estimate of drug-likeness (QED) is 0.686. The number of carboxylic acid groups (broad SMARTS) is 1. The molecule has 2 aliphatic rings. The molecule has 2 saturated heterocycles. The summed E-state index contributed by atoms with van der Waals surface area (Å²) in [5, 5.41) is 8.87. The molecule has 2 heterocycles. The van der Waals surface area contributed by atoms with E-state index in [4.69, 9.17) is 16.3 Å². The molecule has 116 valence electrons. The highest BCUT2D eigenvalue weighted by atomic mass is 32.2. The summed E-state index contributed by atoms with van der Waals surface area (Å²) in [5.41, 5.74) is 0. The predicted octanol–water partition coefficient (Wildman–Crippen LogP) is -0.732. The molecule has 2 fully saturated rings. The lowest BCUT2D eigenvalue weighted by atomic mass is 10.1. The molecule has 0 radical (unpaired) electrons. The number of ether oxygens (including phenoxy) is 1. The van der Waals surface area contributed by atoms with Gasteiger partial charge in [0.15, 0.2) is 15.9 Å². The van der Waals surface area contributed by atoms with Crippen LogP contribution in [0, 0.1) is 12.3 Å². The zero-order valence-corrected chi connectivity index (χ0v) is 12.2. The molecule has 0 aliphatic carbocycles. The van der Waals surface area contributed by atoms with Crippen LogP contribution < -0.4 is 0 Å². The Kier molecular flexibility index (Phi) is 4.54. The summed E-state index contributed by atoms with van der Waals surface area (Å²) in [4.78, 5) is 24.6. The van der Waals surface area contributed by atoms with Gasteiger partial charge in [0.1, 0.15) is 6.10 Å². The molecule has 0 aromatic rings. The Morgan fingerprint density at radius 2 is 1.95 bits per heavy atom. The maximum absolute atomic E-state index is 12.4. The molecule has 0 aromatic carbocycles. The number of carboxylic acids is 1. The third-order valence-corrected chi connectivity index (χ3v) is 5.51. The summed E-state index contributed by atoms with van der Waals surface area (Å²) in [6.45, 7) is -0.00336. The maximum atomic E-state index is 12.4. The van der Waals surface area contributed by atoms with Crippen molar-refractivity contribution in [2.45, 2.75) is 37.5 Å². The smallest absolute Gasteiger partial charge is 0.332 e. The molecular formula is C13H17NO6S. The van der Waals surface area contributed by atoms with Crippen molar-refractivity contribution in [3.8, 4) is 12.3 Å². The molecule has 1 amide bonds. The predicted molar refractivity (Wildman–Crippen MR) is 73.1 cm³/mol. The van der Waals surface area contributed by atoms with Crippen molar-refractivity contribution in [2.24, 2.45) is 0 Å². The highest BCUT2D eigenvalue weighted by molar-refractivity contribution is 7.91. The minimum atomic E-state index is -3.14. The SMILES string of the molecule is C#CCN(C(=O)C1CCC(C(=O)O)O1)C1CCS(=O)(=O)C1. The van der Waals surface area contributed by atoms with E-state index in [0.717, 1.165) is 0 Å². The molecule has 7 nitrogen and oxygen atoms in total. The summed E-state index contributed by atoms with van der Waals surface area (Å²) in [6.07, 6.45) is 4.32. The fraction of sp³-hybridized carbons (Fsp3) is 0.692. The van der Waals surface area contributed by atoms with Crippen molar-refractivity contribution < 1.29 is 27.9 Å². The number of nitrogens with zero attached hydrogens (tertiary/aromatic N) is 1. The standard InChI is InChI=1S/C13H17NO6S/c1-2-6-14(9-5-7-21(18,19)8-9)12(15)10-3-4-11(20-10)13(16)17/h1,9-11H,3-8H2,(H,16,17). The van der Waals surface area contributed by atoms with Gasteiger partial charge in [0, 0.05) is 6.04 Å². The van der Waals surface area contributed by atoms with Crippen LogP contribution >= 0.6 is 0 Å². The van der Waals surface area contributed by atoms with Gasteiger partial charge >= 0.3 is 5.97 Å². The van der Waals surface area contributed by atoms with Gasteiger partial charge in [-0.25, -0.2) is 13.2 Å². The zero-order chi connectivity index (χ0) is 15.6. The molecule has 1 N–H and O–H groups in total. The van der Waals surface area contributed by atoms with Crippen LogP contribution in [0.5, 0.6) is 0 Å². The molecule has 0 saturated carbocycles. The number of rotatable bonds is 4. The number of hydrogen-bond acceptors (Lipinski definition) is 5. The summed E-state index contributed by atoms with van der Waals surface area (Å²) in [6, 6.07) is -0.453. The Morgan fingerprint density at radius 3 is 2.43 bits per heavy atom. The summed E-state index contributed by atoms with van der Waals surface area (Å²) < 4.78 is 28.3. The Labute approximate surface area is 123 Å². The third-order valence-electron chi connectivity index (χ3n) is 3.76. The molecule has 0 bridgehead atoms. The molecule has 3 unspecified atom stereocenters. The number of terminal acetylenes is 1. The van der Waals surface area contributed by atoms with Crippen LogP contribution in [0.15, 0.2) is 0 Å². The van der Waals surface area contributed by atoms with Crippen LogP contribution in [0.25, 0.3) is 0 Å². The van der Waals surface area contributed by atoms with Gasteiger partial charge < -0.3 is 14.7 Å². The van der Waals surface area contributed by atoms with Gasteiger partial charge in [-0.1, -0.05) is 5.92 Å². The van der Waals surface area contributed by atoms with Crippen LogP contribution in [0.3, 0.4) is 0 Å². The van der Waals surface area contributed by atoms with E-state index in [9.17, 15) is 18.0 Å². The van der Waals surface area contributed by atoms with Gasteiger partial charge in [-0.2, -0.15) is 0 Å². The summed E-state index contributed by atoms with van der Waals surface area (Å²) >= 11 is 0. The Morgan fingerprint density at radius 1 is 1.29 bits per heavy atom. The lowest BCUT2D eigenvalue weighted by Gasteiger charge is -2.28. The Hall–Kier alpha value is -1.59. The van der Waals surface area contributed by atoms with Crippen molar-refractivity contribution in [1.82, 2.24) is 4.90 Å². The molecule has 0 aromatic heterocycles. The number of hydrogen-bond donors (Lipinski definition) is 1. The minimum absolute atomic E-state index is 0.00336. The van der Waals surface area contributed by atoms with Gasteiger partial charge in [-0.15, -0.1) is 6.42 Å². The average Bonchev–Trinajstić information content (AvgIpc) is 3.01. The number of aliphatic carboxylic acids is 1. The molecular weight excluding hydrogens is 298 g/mol. The van der Waals surface area contributed by atoms with E-state index in [0.29, 0.717) is 12.8 Å². The van der Waals surface area contributed by atoms with E-state index in [1.165, 1.54) is 4.90 Å². The normalized spacial score (nSPS) is 30.7. The van der Waals surface area contributed by atoms with E-state index in [-0.39, 0.29) is 24.5 Å². The number of carbonyl (C=O) groups is 2. The van der Waals surface area contributed by atoms with Crippen LogP contribution in [-0.4, -0.2) is 66.6 Å². The third kappa shape index (κ3) is 3.54. The van der Waals surface area contributed by atoms with Gasteiger partial charge in [0.05, 0.1) is 18.1 Å². The lowest BCUT2D eigenvalue weighted by molar-refractivity contribution is -0.155. The summed E-state index contributed by atoms with van der Waals surface area (Å²) in [5.74, 6) is 0.767. The lowest BCUT2D eigenvalue weighted by Crippen LogP contribution is -2.46. The monoisotopic (exact) mass is 315 g/mol. The first kappa shape index (κ1) is 15.8. The first-order valence-electron chi connectivity index (χ1n) is 6.66. The van der Waals surface area contributed by atoms with Crippen LogP contribution in [-0.2, 0) is 24.2 Å². The molecule has 8 heteroatoms. The van der Waals surface area contributed by atoms with E-state index in [2.05, 4.69) is 5.92 Å². The van der Waals surface area contributed by atoms with E-state index < -0.39 is 40.0 Å². The number of amides is 1. The highest BCUT2D eigenvalue weighted by Gasteiger charge is 2.41. The number of sulfone groups is 1. The summed E-state index contributed by atoms with van der Waals surface area (Å²) in [7, 11) is -3.14. The van der Waals surface area contributed by atoms with Crippen LogP contribution in [0.1, 0.15) is 19.3 Å². The van der Waals surface area contributed by atoms with Crippen molar-refractivity contribution in [2.75, 3.05) is 18.1 Å². The molecule has 21 heavy (non-hydrogen) atoms. The van der Waals surface area contributed by atoms with Crippen LogP contribution in [0.2, 0.25) is 0 Å². The van der Waals surface area contributed by atoms with Gasteiger partial charge in [-0.05, 0) is 19.3 Å². The highest BCUT2D eigenvalue weighted by Crippen LogP contribution is 2.25. The van der Waals surface area contributed by atoms with Crippen molar-refractivity contribution in [1.29, 1.82) is 0 Å². The average molecular weight is 315 g/mol. The fourth-order valence-corrected chi connectivity index (χ4v) is 4.42.